The maximum absolute atomic E-state index is 12.1. The average molecular weight is 362 g/mol. The first-order valence-electron chi connectivity index (χ1n) is 9.09. The number of ether oxygens (including phenoxy) is 1. The van der Waals surface area contributed by atoms with Gasteiger partial charge in [0.25, 0.3) is 5.56 Å². The van der Waals surface area contributed by atoms with E-state index >= 15 is 0 Å². The van der Waals surface area contributed by atoms with E-state index in [1.165, 1.54) is 5.57 Å². The molecule has 6 heteroatoms. The smallest absolute Gasteiger partial charge is 0.274 e. The van der Waals surface area contributed by atoms with Gasteiger partial charge in [-0.2, -0.15) is 4.98 Å². The summed E-state index contributed by atoms with van der Waals surface area (Å²) < 4.78 is 7.33. The summed E-state index contributed by atoms with van der Waals surface area (Å²) in [5.74, 6) is 1.12. The first kappa shape index (κ1) is 17.3. The normalized spacial score (nSPS) is 18.0. The summed E-state index contributed by atoms with van der Waals surface area (Å²) >= 11 is 0. The SMILES string of the molecule is COc1ccc(Nc2nc(=O)cc3n2C(C2=CC=CC=CC2)CC3)c(C)n1. The Morgan fingerprint density at radius 3 is 2.93 bits per heavy atom. The van der Waals surface area contributed by atoms with Crippen molar-refractivity contribution in [1.82, 2.24) is 14.5 Å². The van der Waals surface area contributed by atoms with Gasteiger partial charge in [0, 0.05) is 17.8 Å². The fraction of sp³-hybridized carbons (Fsp3) is 0.286. The van der Waals surface area contributed by atoms with Crippen LogP contribution in [0, 0.1) is 6.92 Å². The fourth-order valence-corrected chi connectivity index (χ4v) is 3.68. The first-order valence-corrected chi connectivity index (χ1v) is 9.09. The number of aromatic nitrogens is 3. The Bertz CT molecular complexity index is 1020. The average Bonchev–Trinajstić information content (AvgIpc) is 2.89. The number of anilines is 2. The Labute approximate surface area is 157 Å². The third-order valence-corrected chi connectivity index (χ3v) is 5.00. The maximum atomic E-state index is 12.1. The van der Waals surface area contributed by atoms with E-state index in [4.69, 9.17) is 4.74 Å². The van der Waals surface area contributed by atoms with Crippen molar-refractivity contribution in [3.8, 4) is 5.88 Å². The zero-order valence-corrected chi connectivity index (χ0v) is 15.5. The number of methoxy groups -OCH3 is 1. The van der Waals surface area contributed by atoms with Gasteiger partial charge < -0.3 is 14.6 Å². The summed E-state index contributed by atoms with van der Waals surface area (Å²) in [5.41, 5.74) is 3.70. The van der Waals surface area contributed by atoms with Crippen molar-refractivity contribution in [2.24, 2.45) is 0 Å². The number of rotatable bonds is 4. The Balaban J connectivity index is 1.74. The standard InChI is InChI=1S/C21H22N4O2/c1-14-17(10-12-20(22-14)27-2)23-21-24-19(26)13-16-9-11-18(25(16)21)15-7-5-3-4-6-8-15/h3-7,10,12-13,18H,8-9,11H2,1-2H3,(H,23,24,26). The van der Waals surface area contributed by atoms with Gasteiger partial charge in [-0.25, -0.2) is 4.98 Å². The number of nitrogens with one attached hydrogen (secondary N) is 1. The van der Waals surface area contributed by atoms with Crippen LogP contribution in [-0.4, -0.2) is 21.6 Å². The molecule has 0 saturated heterocycles. The van der Waals surface area contributed by atoms with Crippen molar-refractivity contribution in [2.75, 3.05) is 12.4 Å². The van der Waals surface area contributed by atoms with Gasteiger partial charge in [-0.3, -0.25) is 4.79 Å². The van der Waals surface area contributed by atoms with E-state index in [0.29, 0.717) is 11.8 Å². The Morgan fingerprint density at radius 2 is 2.11 bits per heavy atom. The first-order chi connectivity index (χ1) is 13.2. The molecule has 27 heavy (non-hydrogen) atoms. The van der Waals surface area contributed by atoms with Crippen LogP contribution >= 0.6 is 0 Å². The van der Waals surface area contributed by atoms with Gasteiger partial charge in [0.15, 0.2) is 0 Å². The summed E-state index contributed by atoms with van der Waals surface area (Å²) in [7, 11) is 1.59. The lowest BCUT2D eigenvalue weighted by Gasteiger charge is -2.22. The number of nitrogens with zero attached hydrogens (tertiary/aromatic N) is 3. The molecular formula is C21H22N4O2. The van der Waals surface area contributed by atoms with Crippen LogP contribution in [0.5, 0.6) is 5.88 Å². The van der Waals surface area contributed by atoms with Crippen LogP contribution in [0.2, 0.25) is 0 Å². The zero-order valence-electron chi connectivity index (χ0n) is 15.5. The lowest BCUT2D eigenvalue weighted by atomic mass is 10.0. The molecule has 0 amide bonds. The van der Waals surface area contributed by atoms with E-state index in [2.05, 4.69) is 44.2 Å². The summed E-state index contributed by atoms with van der Waals surface area (Å²) in [6, 6.07) is 5.53. The molecule has 138 valence electrons. The molecule has 1 aliphatic heterocycles. The van der Waals surface area contributed by atoms with E-state index in [9.17, 15) is 4.79 Å². The van der Waals surface area contributed by atoms with Gasteiger partial charge in [0.1, 0.15) is 0 Å². The van der Waals surface area contributed by atoms with Crippen molar-refractivity contribution >= 4 is 11.6 Å². The molecule has 0 radical (unpaired) electrons. The predicted octanol–water partition coefficient (Wildman–Crippen LogP) is 3.63. The maximum Gasteiger partial charge on any atom is 0.274 e. The summed E-state index contributed by atoms with van der Waals surface area (Å²) in [5, 5.41) is 3.32. The fourth-order valence-electron chi connectivity index (χ4n) is 3.68. The minimum Gasteiger partial charge on any atom is -0.481 e. The molecule has 2 aliphatic rings. The van der Waals surface area contributed by atoms with E-state index in [-0.39, 0.29) is 11.6 Å². The largest absolute Gasteiger partial charge is 0.481 e. The second-order valence-corrected chi connectivity index (χ2v) is 6.70. The number of hydrogen-bond donors (Lipinski definition) is 1. The molecule has 0 spiro atoms. The number of fused-ring (bicyclic) bond motifs is 1. The second kappa shape index (κ2) is 7.23. The molecule has 0 saturated carbocycles. The van der Waals surface area contributed by atoms with Crippen LogP contribution in [-0.2, 0) is 6.42 Å². The lowest BCUT2D eigenvalue weighted by molar-refractivity contribution is 0.397. The Kier molecular flexibility index (Phi) is 4.62. The second-order valence-electron chi connectivity index (χ2n) is 6.70. The van der Waals surface area contributed by atoms with E-state index in [1.807, 2.05) is 19.1 Å². The van der Waals surface area contributed by atoms with Crippen molar-refractivity contribution in [1.29, 1.82) is 0 Å². The molecule has 0 bridgehead atoms. The van der Waals surface area contributed by atoms with Crippen LogP contribution in [0.25, 0.3) is 0 Å². The predicted molar refractivity (Wildman–Crippen MR) is 106 cm³/mol. The van der Waals surface area contributed by atoms with Crippen molar-refractivity contribution in [3.63, 3.8) is 0 Å². The van der Waals surface area contributed by atoms with Gasteiger partial charge in [-0.15, -0.1) is 0 Å². The van der Waals surface area contributed by atoms with E-state index in [1.54, 1.807) is 19.2 Å². The highest BCUT2D eigenvalue weighted by molar-refractivity contribution is 5.57. The molecule has 1 unspecified atom stereocenters. The zero-order chi connectivity index (χ0) is 18.8. The molecule has 1 aliphatic carbocycles. The number of aryl methyl sites for hydroxylation is 2. The molecule has 4 rings (SSSR count). The summed E-state index contributed by atoms with van der Waals surface area (Å²) in [4.78, 5) is 20.8. The number of pyridine rings is 1. The highest BCUT2D eigenvalue weighted by Gasteiger charge is 2.27. The highest BCUT2D eigenvalue weighted by atomic mass is 16.5. The Morgan fingerprint density at radius 1 is 1.22 bits per heavy atom. The van der Waals surface area contributed by atoms with Gasteiger partial charge in [0.2, 0.25) is 11.8 Å². The minimum absolute atomic E-state index is 0.189. The van der Waals surface area contributed by atoms with E-state index < -0.39 is 0 Å². The monoisotopic (exact) mass is 362 g/mol. The van der Waals surface area contributed by atoms with Crippen molar-refractivity contribution in [3.05, 3.63) is 75.9 Å². The topological polar surface area (TPSA) is 69.0 Å². The van der Waals surface area contributed by atoms with Crippen LogP contribution in [0.15, 0.2) is 58.9 Å². The molecule has 1 N–H and O–H groups in total. The van der Waals surface area contributed by atoms with Gasteiger partial charge >= 0.3 is 0 Å². The third-order valence-electron chi connectivity index (χ3n) is 5.00. The third kappa shape index (κ3) is 3.43. The molecule has 1 atom stereocenters. The summed E-state index contributed by atoms with van der Waals surface area (Å²) in [6.45, 7) is 1.90. The van der Waals surface area contributed by atoms with Crippen LogP contribution in [0.1, 0.15) is 30.3 Å². The van der Waals surface area contributed by atoms with E-state index in [0.717, 1.165) is 36.3 Å². The minimum atomic E-state index is -0.224. The van der Waals surface area contributed by atoms with Crippen molar-refractivity contribution in [2.45, 2.75) is 32.2 Å². The molecule has 0 aromatic carbocycles. The van der Waals surface area contributed by atoms with Gasteiger partial charge in [0.05, 0.1) is 24.5 Å². The molecule has 3 heterocycles. The Hall–Kier alpha value is -3.15. The summed E-state index contributed by atoms with van der Waals surface area (Å²) in [6.07, 6.45) is 13.2. The number of allylic oxidation sites excluding steroid dienone is 6. The molecule has 6 nitrogen and oxygen atoms in total. The molecule has 2 aromatic rings. The van der Waals surface area contributed by atoms with Crippen LogP contribution < -0.4 is 15.6 Å². The number of hydrogen-bond acceptors (Lipinski definition) is 5. The molecule has 2 aromatic heterocycles. The van der Waals surface area contributed by atoms with Crippen LogP contribution in [0.4, 0.5) is 11.6 Å². The molecular weight excluding hydrogens is 340 g/mol. The van der Waals surface area contributed by atoms with Gasteiger partial charge in [-0.05, 0) is 37.8 Å². The van der Waals surface area contributed by atoms with Gasteiger partial charge in [-0.1, -0.05) is 30.4 Å². The lowest BCUT2D eigenvalue weighted by Crippen LogP contribution is -2.20. The van der Waals surface area contributed by atoms with Crippen molar-refractivity contribution < 1.29 is 4.74 Å². The highest BCUT2D eigenvalue weighted by Crippen LogP contribution is 2.36. The van der Waals surface area contributed by atoms with Crippen LogP contribution in [0.3, 0.4) is 0 Å². The quantitative estimate of drug-likeness (QED) is 0.899. The molecule has 0 fully saturated rings.